The molecule has 1 aromatic heterocycles. The maximum Gasteiger partial charge on any atom is 0.255 e. The largest absolute Gasteiger partial charge is 0.491 e. The zero-order valence-electron chi connectivity index (χ0n) is 29.5. The van der Waals surface area contributed by atoms with Crippen LogP contribution in [0.15, 0.2) is 48.0 Å². The quantitative estimate of drug-likeness (QED) is 0.157. The second kappa shape index (κ2) is 18.5. The highest BCUT2D eigenvalue weighted by Gasteiger charge is 2.45. The van der Waals surface area contributed by atoms with Crippen LogP contribution in [0.2, 0.25) is 0 Å². The standard InChI is InChI=1S/C37H49N5O8S/c1-24(2)33(42-21-28-6-4-5-7-30(28)36(42)45)37(46)41-22-29(43)19-31(41)35(44)39-20-27-9-8-26(34-25(3)40-23-51-34)18-32(27)50-17-16-49-15-14-48-13-12-47-11-10-38/h4-9,18,23-24,29,31,33,43H,10-17,19-22,38H2,1-3H3,(H,39,44)/t29-,31+,33?/m1/s1. The number of hydrogen-bond donors (Lipinski definition) is 3. The molecule has 4 N–H and O–H groups in total. The molecule has 13 nitrogen and oxygen atoms in total. The summed E-state index contributed by atoms with van der Waals surface area (Å²) in [6.07, 6.45) is -0.759. The lowest BCUT2D eigenvalue weighted by atomic mass is 10.0. The second-order valence-electron chi connectivity index (χ2n) is 13.0. The van der Waals surface area contributed by atoms with E-state index in [4.69, 9.17) is 24.7 Å². The summed E-state index contributed by atoms with van der Waals surface area (Å²) < 4.78 is 22.6. The first-order chi connectivity index (χ1) is 24.7. The van der Waals surface area contributed by atoms with Crippen LogP contribution in [0, 0.1) is 12.8 Å². The molecule has 2 aliphatic rings. The molecule has 14 heteroatoms. The summed E-state index contributed by atoms with van der Waals surface area (Å²) in [6, 6.07) is 11.5. The molecule has 1 fully saturated rings. The maximum absolute atomic E-state index is 14.1. The van der Waals surface area contributed by atoms with E-state index in [-0.39, 0.29) is 49.8 Å². The SMILES string of the molecule is Cc1ncsc1-c1ccc(CNC(=O)[C@@H]2C[C@@H](O)CN2C(=O)C(C(C)C)N2Cc3ccccc3C2=O)c(OCCOCCOCCOCCN)c1. The Morgan fingerprint density at radius 2 is 1.75 bits per heavy atom. The predicted molar refractivity (Wildman–Crippen MR) is 192 cm³/mol. The Labute approximate surface area is 303 Å². The average Bonchev–Trinajstić information content (AvgIpc) is 3.82. The number of β-amino-alcohol motifs (C(OH)–C–C–N with tert-alkyl or cyclic N) is 1. The number of benzene rings is 2. The highest BCUT2D eigenvalue weighted by Crippen LogP contribution is 2.33. The molecule has 3 aromatic rings. The van der Waals surface area contributed by atoms with Crippen LogP contribution in [0.3, 0.4) is 0 Å². The summed E-state index contributed by atoms with van der Waals surface area (Å²) in [6.45, 7) is 9.58. The number of thiazole rings is 1. The number of nitrogens with zero attached hydrogens (tertiary/aromatic N) is 3. The Kier molecular flexibility index (Phi) is 13.9. The molecule has 51 heavy (non-hydrogen) atoms. The van der Waals surface area contributed by atoms with Crippen LogP contribution >= 0.6 is 11.3 Å². The van der Waals surface area contributed by atoms with Gasteiger partial charge in [-0.05, 0) is 36.1 Å². The molecular weight excluding hydrogens is 675 g/mol. The summed E-state index contributed by atoms with van der Waals surface area (Å²) in [5, 5.41) is 13.6. The third-order valence-corrected chi connectivity index (χ3v) is 9.93. The molecule has 0 spiro atoms. The van der Waals surface area contributed by atoms with Gasteiger partial charge in [0.1, 0.15) is 24.4 Å². The van der Waals surface area contributed by atoms with E-state index < -0.39 is 18.2 Å². The van der Waals surface area contributed by atoms with Crippen molar-refractivity contribution in [3.63, 3.8) is 0 Å². The van der Waals surface area contributed by atoms with Gasteiger partial charge < -0.3 is 44.9 Å². The van der Waals surface area contributed by atoms with Gasteiger partial charge in [0.15, 0.2) is 0 Å². The first-order valence-corrected chi connectivity index (χ1v) is 18.3. The van der Waals surface area contributed by atoms with Crippen molar-refractivity contribution >= 4 is 29.1 Å². The molecule has 0 radical (unpaired) electrons. The highest BCUT2D eigenvalue weighted by molar-refractivity contribution is 7.13. The first kappa shape index (κ1) is 38.3. The number of likely N-dealkylation sites (tertiary alicyclic amines) is 1. The summed E-state index contributed by atoms with van der Waals surface area (Å²) in [7, 11) is 0. The van der Waals surface area contributed by atoms with Gasteiger partial charge in [0.25, 0.3) is 5.91 Å². The van der Waals surface area contributed by atoms with Crippen LogP contribution in [0.4, 0.5) is 0 Å². The third-order valence-electron chi connectivity index (χ3n) is 8.95. The number of amides is 3. The van der Waals surface area contributed by atoms with Crippen molar-refractivity contribution in [2.24, 2.45) is 11.7 Å². The lowest BCUT2D eigenvalue weighted by molar-refractivity contribution is -0.143. The minimum atomic E-state index is -0.889. The Bertz CT molecular complexity index is 1630. The number of fused-ring (bicyclic) bond motifs is 1. The predicted octanol–water partition coefficient (Wildman–Crippen LogP) is 2.76. The fraction of sp³-hybridized carbons (Fsp3) is 0.514. The van der Waals surface area contributed by atoms with Crippen LogP contribution in [-0.2, 0) is 36.9 Å². The van der Waals surface area contributed by atoms with E-state index >= 15 is 0 Å². The van der Waals surface area contributed by atoms with Crippen molar-refractivity contribution in [3.05, 3.63) is 70.4 Å². The molecular formula is C37H49N5O8S. The molecule has 0 aliphatic carbocycles. The third kappa shape index (κ3) is 9.70. The molecule has 2 aliphatic heterocycles. The number of aryl methyl sites for hydroxylation is 1. The number of nitrogens with two attached hydrogens (primary N) is 1. The van der Waals surface area contributed by atoms with Crippen LogP contribution in [0.25, 0.3) is 10.4 Å². The smallest absolute Gasteiger partial charge is 0.255 e. The molecule has 0 bridgehead atoms. The van der Waals surface area contributed by atoms with Crippen molar-refractivity contribution < 1.29 is 38.4 Å². The molecule has 1 saturated heterocycles. The fourth-order valence-electron chi connectivity index (χ4n) is 6.45. The van der Waals surface area contributed by atoms with E-state index in [9.17, 15) is 19.5 Å². The molecule has 1 unspecified atom stereocenters. The van der Waals surface area contributed by atoms with E-state index in [1.165, 1.54) is 16.2 Å². The molecule has 2 aromatic carbocycles. The van der Waals surface area contributed by atoms with Crippen LogP contribution in [-0.4, -0.2) is 115 Å². The normalized spacial score (nSPS) is 17.6. The van der Waals surface area contributed by atoms with E-state index in [1.54, 1.807) is 16.5 Å². The molecule has 3 amide bonds. The lowest BCUT2D eigenvalue weighted by Gasteiger charge is -2.35. The van der Waals surface area contributed by atoms with E-state index in [2.05, 4.69) is 10.3 Å². The summed E-state index contributed by atoms with van der Waals surface area (Å²) in [4.78, 5) is 49.6. The number of aromatic nitrogens is 1. The molecule has 3 heterocycles. The van der Waals surface area contributed by atoms with Crippen LogP contribution < -0.4 is 15.8 Å². The van der Waals surface area contributed by atoms with Gasteiger partial charge in [-0.15, -0.1) is 11.3 Å². The van der Waals surface area contributed by atoms with Crippen molar-refractivity contribution in [3.8, 4) is 16.2 Å². The van der Waals surface area contributed by atoms with Gasteiger partial charge in [0.05, 0.1) is 61.8 Å². The number of aliphatic hydroxyl groups excluding tert-OH is 1. The van der Waals surface area contributed by atoms with Gasteiger partial charge in [-0.2, -0.15) is 0 Å². The van der Waals surface area contributed by atoms with Gasteiger partial charge in [-0.3, -0.25) is 14.4 Å². The lowest BCUT2D eigenvalue weighted by Crippen LogP contribution is -2.55. The van der Waals surface area contributed by atoms with Crippen molar-refractivity contribution in [1.29, 1.82) is 0 Å². The van der Waals surface area contributed by atoms with Crippen LogP contribution in [0.5, 0.6) is 5.75 Å². The van der Waals surface area contributed by atoms with Gasteiger partial charge in [-0.25, -0.2) is 4.98 Å². The van der Waals surface area contributed by atoms with Crippen molar-refractivity contribution in [2.45, 2.75) is 58.5 Å². The number of rotatable bonds is 19. The summed E-state index contributed by atoms with van der Waals surface area (Å²) in [5.41, 5.74) is 11.2. The topological polar surface area (TPSA) is 166 Å². The van der Waals surface area contributed by atoms with Gasteiger partial charge >= 0.3 is 0 Å². The average molecular weight is 724 g/mol. The monoisotopic (exact) mass is 723 g/mol. The zero-order valence-corrected chi connectivity index (χ0v) is 30.4. The van der Waals surface area contributed by atoms with Crippen molar-refractivity contribution in [2.75, 3.05) is 59.3 Å². The highest BCUT2D eigenvalue weighted by atomic mass is 32.1. The minimum absolute atomic E-state index is 0.0134. The van der Waals surface area contributed by atoms with E-state index in [0.717, 1.165) is 27.3 Å². The molecule has 276 valence electrons. The number of hydrogen-bond acceptors (Lipinski definition) is 11. The Balaban J connectivity index is 1.21. The molecule has 3 atom stereocenters. The van der Waals surface area contributed by atoms with Gasteiger partial charge in [0.2, 0.25) is 11.8 Å². The summed E-state index contributed by atoms with van der Waals surface area (Å²) >= 11 is 1.54. The van der Waals surface area contributed by atoms with E-state index in [0.29, 0.717) is 64.0 Å². The number of ether oxygens (including phenoxy) is 4. The number of nitrogens with one attached hydrogen (secondary N) is 1. The number of carbonyl (C=O) groups excluding carboxylic acids is 3. The molecule has 5 rings (SSSR count). The fourth-order valence-corrected chi connectivity index (χ4v) is 7.25. The maximum atomic E-state index is 14.1. The van der Waals surface area contributed by atoms with Crippen molar-refractivity contribution in [1.82, 2.24) is 20.1 Å². The minimum Gasteiger partial charge on any atom is -0.491 e. The van der Waals surface area contributed by atoms with Crippen LogP contribution in [0.1, 0.15) is 47.4 Å². The Morgan fingerprint density at radius 1 is 1.04 bits per heavy atom. The van der Waals surface area contributed by atoms with Gasteiger partial charge in [-0.1, -0.05) is 44.2 Å². The second-order valence-corrected chi connectivity index (χ2v) is 13.8. The Hall–Kier alpha value is -3.92. The number of carbonyl (C=O) groups is 3. The molecule has 0 saturated carbocycles. The zero-order chi connectivity index (χ0) is 36.3. The summed E-state index contributed by atoms with van der Waals surface area (Å²) in [5.74, 6) is -0.560. The Morgan fingerprint density at radius 3 is 2.41 bits per heavy atom. The van der Waals surface area contributed by atoms with Gasteiger partial charge in [0, 0.05) is 43.7 Å². The number of aliphatic hydroxyl groups is 1. The first-order valence-electron chi connectivity index (χ1n) is 17.4. The van der Waals surface area contributed by atoms with E-state index in [1.807, 2.05) is 57.2 Å².